The van der Waals surface area contributed by atoms with Crippen LogP contribution in [0.15, 0.2) is 60.7 Å². The minimum Gasteiger partial charge on any atom is -0.495 e. The van der Waals surface area contributed by atoms with E-state index in [9.17, 15) is 4.79 Å². The summed E-state index contributed by atoms with van der Waals surface area (Å²) >= 11 is 6.09. The molecule has 0 radical (unpaired) electrons. The molecule has 2 aliphatic rings. The number of halogens is 1. The first kappa shape index (κ1) is 22.5. The van der Waals surface area contributed by atoms with Crippen molar-refractivity contribution in [2.45, 2.75) is 51.3 Å². The maximum absolute atomic E-state index is 13.7. The molecule has 0 bridgehead atoms. The Morgan fingerprint density at radius 3 is 2.62 bits per heavy atom. The van der Waals surface area contributed by atoms with Crippen LogP contribution in [-0.4, -0.2) is 39.1 Å². The lowest BCUT2D eigenvalue weighted by atomic mass is 9.94. The SMILES string of the molecule is COc1cc(/C=C2\OC(C)(C)[C@H]3CC[C@@H](c4ccc(Cl)cc4)N3C2=O)ccc1-n1cnc(C)c1. The number of nitrogens with zero attached hydrogens (tertiary/aromatic N) is 3. The molecule has 3 aromatic rings. The molecule has 5 rings (SSSR count). The van der Waals surface area contributed by atoms with E-state index in [2.05, 4.69) is 18.8 Å². The van der Waals surface area contributed by atoms with Gasteiger partial charge in [-0.1, -0.05) is 29.8 Å². The quantitative estimate of drug-likeness (QED) is 0.450. The van der Waals surface area contributed by atoms with Gasteiger partial charge in [-0.25, -0.2) is 4.98 Å². The van der Waals surface area contributed by atoms with Gasteiger partial charge in [0.25, 0.3) is 5.91 Å². The lowest BCUT2D eigenvalue weighted by Gasteiger charge is -2.45. The van der Waals surface area contributed by atoms with E-state index in [1.807, 2.05) is 71.1 Å². The maximum atomic E-state index is 13.7. The highest BCUT2D eigenvalue weighted by Gasteiger charge is 2.51. The first-order valence-corrected chi connectivity index (χ1v) is 11.8. The Hall–Kier alpha value is -3.25. The number of hydrogen-bond acceptors (Lipinski definition) is 4. The smallest absolute Gasteiger partial charge is 0.289 e. The third-order valence-corrected chi connectivity index (χ3v) is 7.00. The molecule has 3 heterocycles. The van der Waals surface area contributed by atoms with Crippen LogP contribution in [0, 0.1) is 6.92 Å². The van der Waals surface area contributed by atoms with E-state index in [0.717, 1.165) is 35.3 Å². The Labute approximate surface area is 204 Å². The summed E-state index contributed by atoms with van der Waals surface area (Å²) in [6.07, 6.45) is 7.29. The average Bonchev–Trinajstić information content (AvgIpc) is 3.45. The number of aryl methyl sites for hydroxylation is 1. The van der Waals surface area contributed by atoms with Crippen molar-refractivity contribution in [3.05, 3.63) is 82.6 Å². The van der Waals surface area contributed by atoms with E-state index in [-0.39, 0.29) is 18.0 Å². The number of imidazole rings is 1. The highest BCUT2D eigenvalue weighted by Crippen LogP contribution is 2.46. The van der Waals surface area contributed by atoms with Gasteiger partial charge in [0, 0.05) is 11.2 Å². The third kappa shape index (κ3) is 3.96. The molecule has 2 saturated heterocycles. The lowest BCUT2D eigenvalue weighted by molar-refractivity contribution is -0.155. The topological polar surface area (TPSA) is 56.6 Å². The second-order valence-electron chi connectivity index (χ2n) is 9.44. The summed E-state index contributed by atoms with van der Waals surface area (Å²) in [5.41, 5.74) is 3.23. The zero-order valence-corrected chi connectivity index (χ0v) is 20.5. The number of carbonyl (C=O) groups excluding carboxylic acids is 1. The fourth-order valence-electron chi connectivity index (χ4n) is 5.10. The third-order valence-electron chi connectivity index (χ3n) is 6.75. The number of fused-ring (bicyclic) bond motifs is 1. The van der Waals surface area contributed by atoms with Gasteiger partial charge in [0.15, 0.2) is 5.76 Å². The first-order valence-electron chi connectivity index (χ1n) is 11.4. The van der Waals surface area contributed by atoms with Gasteiger partial charge in [-0.2, -0.15) is 0 Å². The molecule has 2 atom stereocenters. The standard InChI is InChI=1S/C27H28ClN3O3/c1-17-15-30(16-29-17)22-10-5-18(13-23(22)33-4)14-24-26(32)31-21(19-6-8-20(28)9-7-19)11-12-25(31)27(2,3)34-24/h5-10,13-16,21,25H,11-12H2,1-4H3/b24-14-/t21-,25+/m0/s1. The summed E-state index contributed by atoms with van der Waals surface area (Å²) in [6.45, 7) is 6.05. The van der Waals surface area contributed by atoms with Gasteiger partial charge >= 0.3 is 0 Å². The van der Waals surface area contributed by atoms with E-state index in [1.165, 1.54) is 0 Å². The van der Waals surface area contributed by atoms with Gasteiger partial charge in [0.2, 0.25) is 0 Å². The summed E-state index contributed by atoms with van der Waals surface area (Å²) < 4.78 is 13.8. The second kappa shape index (κ2) is 8.51. The van der Waals surface area contributed by atoms with E-state index in [4.69, 9.17) is 21.1 Å². The molecule has 1 aromatic heterocycles. The van der Waals surface area contributed by atoms with Crippen molar-refractivity contribution in [1.29, 1.82) is 0 Å². The van der Waals surface area contributed by atoms with Gasteiger partial charge in [-0.15, -0.1) is 0 Å². The van der Waals surface area contributed by atoms with Crippen molar-refractivity contribution in [1.82, 2.24) is 14.5 Å². The molecule has 0 spiro atoms. The van der Waals surface area contributed by atoms with Gasteiger partial charge in [0.1, 0.15) is 11.4 Å². The first-order chi connectivity index (χ1) is 16.3. The lowest BCUT2D eigenvalue weighted by Crippen LogP contribution is -2.55. The summed E-state index contributed by atoms with van der Waals surface area (Å²) in [5.74, 6) is 0.942. The Morgan fingerprint density at radius 1 is 1.18 bits per heavy atom. The number of aromatic nitrogens is 2. The normalized spacial score (nSPS) is 22.6. The Bertz CT molecular complexity index is 1260. The summed E-state index contributed by atoms with van der Waals surface area (Å²) in [6, 6.07) is 13.6. The zero-order valence-electron chi connectivity index (χ0n) is 19.8. The predicted octanol–water partition coefficient (Wildman–Crippen LogP) is 5.72. The van der Waals surface area contributed by atoms with E-state index >= 15 is 0 Å². The molecule has 6 nitrogen and oxygen atoms in total. The number of rotatable bonds is 4. The molecule has 0 aliphatic carbocycles. The van der Waals surface area contributed by atoms with Crippen LogP contribution in [0.3, 0.4) is 0 Å². The maximum Gasteiger partial charge on any atom is 0.289 e. The van der Waals surface area contributed by atoms with E-state index in [0.29, 0.717) is 16.5 Å². The van der Waals surface area contributed by atoms with Gasteiger partial charge in [-0.05, 0) is 75.1 Å². The van der Waals surface area contributed by atoms with Gasteiger partial charge in [-0.3, -0.25) is 4.79 Å². The molecule has 176 valence electrons. The van der Waals surface area contributed by atoms with Crippen molar-refractivity contribution in [2.75, 3.05) is 7.11 Å². The fraction of sp³-hybridized carbons (Fsp3) is 0.333. The van der Waals surface area contributed by atoms with Crippen molar-refractivity contribution in [3.63, 3.8) is 0 Å². The summed E-state index contributed by atoms with van der Waals surface area (Å²) in [4.78, 5) is 20.0. The van der Waals surface area contributed by atoms with Crippen LogP contribution >= 0.6 is 11.6 Å². The number of amides is 1. The monoisotopic (exact) mass is 477 g/mol. The molecular formula is C27H28ClN3O3. The minimum absolute atomic E-state index is 0.00253. The average molecular weight is 478 g/mol. The Kier molecular flexibility index (Phi) is 5.64. The van der Waals surface area contributed by atoms with Crippen LogP contribution in [0.4, 0.5) is 0 Å². The minimum atomic E-state index is -0.501. The second-order valence-corrected chi connectivity index (χ2v) is 9.88. The molecule has 7 heteroatoms. The van der Waals surface area contributed by atoms with E-state index in [1.54, 1.807) is 13.4 Å². The fourth-order valence-corrected chi connectivity index (χ4v) is 5.23. The van der Waals surface area contributed by atoms with Crippen LogP contribution in [0.1, 0.15) is 49.6 Å². The molecule has 0 N–H and O–H groups in total. The number of hydrogen-bond donors (Lipinski definition) is 0. The zero-order chi connectivity index (χ0) is 24.0. The van der Waals surface area contributed by atoms with Crippen molar-refractivity contribution in [3.8, 4) is 11.4 Å². The Morgan fingerprint density at radius 2 is 1.94 bits per heavy atom. The van der Waals surface area contributed by atoms with Crippen molar-refractivity contribution in [2.24, 2.45) is 0 Å². The van der Waals surface area contributed by atoms with Crippen LogP contribution in [0.2, 0.25) is 5.02 Å². The molecule has 2 fully saturated rings. The number of carbonyl (C=O) groups is 1. The van der Waals surface area contributed by atoms with Crippen LogP contribution in [-0.2, 0) is 9.53 Å². The summed E-state index contributed by atoms with van der Waals surface area (Å²) in [7, 11) is 1.64. The molecule has 2 aliphatic heterocycles. The van der Waals surface area contributed by atoms with Crippen molar-refractivity contribution >= 4 is 23.6 Å². The van der Waals surface area contributed by atoms with Gasteiger partial charge in [0.05, 0.1) is 36.9 Å². The molecular weight excluding hydrogens is 450 g/mol. The van der Waals surface area contributed by atoms with Gasteiger partial charge < -0.3 is 18.9 Å². The number of ether oxygens (including phenoxy) is 2. The number of methoxy groups -OCH3 is 1. The Balaban J connectivity index is 1.49. The van der Waals surface area contributed by atoms with Crippen LogP contribution in [0.25, 0.3) is 11.8 Å². The molecule has 0 unspecified atom stereocenters. The number of morpholine rings is 1. The van der Waals surface area contributed by atoms with Crippen LogP contribution < -0.4 is 4.74 Å². The number of benzene rings is 2. The highest BCUT2D eigenvalue weighted by atomic mass is 35.5. The van der Waals surface area contributed by atoms with E-state index < -0.39 is 5.60 Å². The predicted molar refractivity (Wildman–Crippen MR) is 132 cm³/mol. The summed E-state index contributed by atoms with van der Waals surface area (Å²) in [5, 5.41) is 0.691. The molecule has 34 heavy (non-hydrogen) atoms. The highest BCUT2D eigenvalue weighted by molar-refractivity contribution is 6.30. The van der Waals surface area contributed by atoms with Crippen LogP contribution in [0.5, 0.6) is 5.75 Å². The molecule has 0 saturated carbocycles. The molecule has 2 aromatic carbocycles. The van der Waals surface area contributed by atoms with Crippen molar-refractivity contribution < 1.29 is 14.3 Å². The largest absolute Gasteiger partial charge is 0.495 e. The molecule has 1 amide bonds.